The summed E-state index contributed by atoms with van der Waals surface area (Å²) < 4.78 is 0. The number of nitrogens with two attached hydrogens (primary N) is 1. The Labute approximate surface area is 111 Å². The standard InChI is InChI=1S/C15H25N3/c1-17-9-7-13(8-10-17)12-18(2)15-6-4-3-5-14(15)11-16/h3-6,13H,7-12,16H2,1-2H3. The molecule has 1 heterocycles. The molecule has 0 bridgehead atoms. The van der Waals surface area contributed by atoms with Gasteiger partial charge in [0.15, 0.2) is 0 Å². The lowest BCUT2D eigenvalue weighted by atomic mass is 9.96. The topological polar surface area (TPSA) is 32.5 Å². The van der Waals surface area contributed by atoms with E-state index < -0.39 is 0 Å². The molecule has 0 saturated carbocycles. The molecule has 0 unspecified atom stereocenters. The first-order chi connectivity index (χ1) is 8.70. The van der Waals surface area contributed by atoms with Crippen LogP contribution in [-0.4, -0.2) is 38.6 Å². The minimum atomic E-state index is 0.619. The highest BCUT2D eigenvalue weighted by Gasteiger charge is 2.18. The van der Waals surface area contributed by atoms with E-state index in [1.54, 1.807) is 0 Å². The molecule has 0 radical (unpaired) electrons. The van der Waals surface area contributed by atoms with Crippen molar-refractivity contribution in [2.45, 2.75) is 19.4 Å². The lowest BCUT2D eigenvalue weighted by Gasteiger charge is -2.33. The van der Waals surface area contributed by atoms with Crippen molar-refractivity contribution in [2.24, 2.45) is 11.7 Å². The van der Waals surface area contributed by atoms with E-state index >= 15 is 0 Å². The van der Waals surface area contributed by atoms with E-state index in [-0.39, 0.29) is 0 Å². The maximum absolute atomic E-state index is 5.81. The summed E-state index contributed by atoms with van der Waals surface area (Å²) in [5.74, 6) is 0.817. The molecule has 1 aromatic rings. The molecule has 0 aromatic heterocycles. The SMILES string of the molecule is CN1CCC(CN(C)c2ccccc2CN)CC1. The largest absolute Gasteiger partial charge is 0.374 e. The number of rotatable bonds is 4. The van der Waals surface area contributed by atoms with Crippen LogP contribution in [0.15, 0.2) is 24.3 Å². The van der Waals surface area contributed by atoms with Gasteiger partial charge >= 0.3 is 0 Å². The number of hydrogen-bond donors (Lipinski definition) is 1. The van der Waals surface area contributed by atoms with Crippen LogP contribution in [0.5, 0.6) is 0 Å². The molecule has 0 atom stereocenters. The molecule has 1 fully saturated rings. The third kappa shape index (κ3) is 3.24. The van der Waals surface area contributed by atoms with Crippen LogP contribution in [0.4, 0.5) is 5.69 Å². The average molecular weight is 247 g/mol. The summed E-state index contributed by atoms with van der Waals surface area (Å²) in [5, 5.41) is 0. The van der Waals surface area contributed by atoms with Gasteiger partial charge in [-0.3, -0.25) is 0 Å². The van der Waals surface area contributed by atoms with E-state index in [9.17, 15) is 0 Å². The molecule has 1 aromatic carbocycles. The van der Waals surface area contributed by atoms with E-state index in [0.29, 0.717) is 6.54 Å². The van der Waals surface area contributed by atoms with Gasteiger partial charge in [-0.05, 0) is 50.5 Å². The van der Waals surface area contributed by atoms with E-state index in [0.717, 1.165) is 12.5 Å². The normalized spacial score (nSPS) is 17.9. The Bertz CT molecular complexity index is 370. The molecule has 0 amide bonds. The summed E-state index contributed by atoms with van der Waals surface area (Å²) in [6, 6.07) is 8.46. The average Bonchev–Trinajstić information content (AvgIpc) is 2.41. The van der Waals surface area contributed by atoms with Gasteiger partial charge in [0.1, 0.15) is 0 Å². The molecule has 2 N–H and O–H groups in total. The molecular formula is C15H25N3. The monoisotopic (exact) mass is 247 g/mol. The van der Waals surface area contributed by atoms with Crippen LogP contribution in [-0.2, 0) is 6.54 Å². The van der Waals surface area contributed by atoms with Crippen molar-refractivity contribution in [3.05, 3.63) is 29.8 Å². The van der Waals surface area contributed by atoms with Crippen molar-refractivity contribution >= 4 is 5.69 Å². The molecule has 2 rings (SSSR count). The third-order valence-electron chi connectivity index (χ3n) is 3.99. The van der Waals surface area contributed by atoms with Crippen molar-refractivity contribution in [3.63, 3.8) is 0 Å². The summed E-state index contributed by atoms with van der Waals surface area (Å²) >= 11 is 0. The number of likely N-dealkylation sites (tertiary alicyclic amines) is 1. The Morgan fingerprint density at radius 2 is 1.94 bits per heavy atom. The number of benzene rings is 1. The Morgan fingerprint density at radius 1 is 1.28 bits per heavy atom. The summed E-state index contributed by atoms with van der Waals surface area (Å²) in [6.07, 6.45) is 2.62. The maximum Gasteiger partial charge on any atom is 0.0409 e. The zero-order chi connectivity index (χ0) is 13.0. The summed E-state index contributed by atoms with van der Waals surface area (Å²) in [6.45, 7) is 4.23. The van der Waals surface area contributed by atoms with Gasteiger partial charge in [-0.25, -0.2) is 0 Å². The zero-order valence-corrected chi connectivity index (χ0v) is 11.6. The minimum Gasteiger partial charge on any atom is -0.374 e. The zero-order valence-electron chi connectivity index (χ0n) is 11.6. The maximum atomic E-state index is 5.81. The van der Waals surface area contributed by atoms with Crippen LogP contribution < -0.4 is 10.6 Å². The van der Waals surface area contributed by atoms with Gasteiger partial charge in [0.2, 0.25) is 0 Å². The van der Waals surface area contributed by atoms with Gasteiger partial charge in [-0.1, -0.05) is 18.2 Å². The molecule has 0 spiro atoms. The summed E-state index contributed by atoms with van der Waals surface area (Å²) in [7, 11) is 4.40. The van der Waals surface area contributed by atoms with Crippen LogP contribution in [0.2, 0.25) is 0 Å². The molecule has 18 heavy (non-hydrogen) atoms. The minimum absolute atomic E-state index is 0.619. The van der Waals surface area contributed by atoms with Crippen LogP contribution in [0.3, 0.4) is 0 Å². The van der Waals surface area contributed by atoms with Crippen LogP contribution >= 0.6 is 0 Å². The molecule has 3 nitrogen and oxygen atoms in total. The molecule has 1 saturated heterocycles. The van der Waals surface area contributed by atoms with Crippen molar-refractivity contribution in [3.8, 4) is 0 Å². The van der Waals surface area contributed by atoms with Gasteiger partial charge in [-0.2, -0.15) is 0 Å². The quantitative estimate of drug-likeness (QED) is 0.882. The molecule has 3 heteroatoms. The Kier molecular flexibility index (Phi) is 4.61. The number of para-hydroxylation sites is 1. The summed E-state index contributed by atoms with van der Waals surface area (Å²) in [5.41, 5.74) is 8.34. The molecule has 1 aliphatic heterocycles. The fraction of sp³-hybridized carbons (Fsp3) is 0.600. The predicted octanol–water partition coefficient (Wildman–Crippen LogP) is 1.92. The first kappa shape index (κ1) is 13.4. The van der Waals surface area contributed by atoms with Crippen molar-refractivity contribution in [2.75, 3.05) is 38.6 Å². The Balaban J connectivity index is 1.96. The smallest absolute Gasteiger partial charge is 0.0409 e. The van der Waals surface area contributed by atoms with Crippen LogP contribution in [0.1, 0.15) is 18.4 Å². The molecule has 1 aliphatic rings. The first-order valence-corrected chi connectivity index (χ1v) is 6.88. The molecule has 100 valence electrons. The highest BCUT2D eigenvalue weighted by molar-refractivity contribution is 5.53. The second-order valence-corrected chi connectivity index (χ2v) is 5.46. The molecule has 0 aliphatic carbocycles. The highest BCUT2D eigenvalue weighted by Crippen LogP contribution is 2.23. The van der Waals surface area contributed by atoms with Crippen molar-refractivity contribution in [1.82, 2.24) is 4.90 Å². The van der Waals surface area contributed by atoms with Crippen molar-refractivity contribution in [1.29, 1.82) is 0 Å². The molecular weight excluding hydrogens is 222 g/mol. The van der Waals surface area contributed by atoms with Crippen molar-refractivity contribution < 1.29 is 0 Å². The van der Waals surface area contributed by atoms with Gasteiger partial charge in [0, 0.05) is 25.8 Å². The fourth-order valence-corrected chi connectivity index (χ4v) is 2.79. The van der Waals surface area contributed by atoms with E-state index in [4.69, 9.17) is 5.73 Å². The van der Waals surface area contributed by atoms with E-state index in [1.807, 2.05) is 0 Å². The second-order valence-electron chi connectivity index (χ2n) is 5.46. The number of anilines is 1. The third-order valence-corrected chi connectivity index (χ3v) is 3.99. The lowest BCUT2D eigenvalue weighted by molar-refractivity contribution is 0.222. The number of nitrogens with zero attached hydrogens (tertiary/aromatic N) is 2. The highest BCUT2D eigenvalue weighted by atomic mass is 15.1. The van der Waals surface area contributed by atoms with Gasteiger partial charge in [-0.15, -0.1) is 0 Å². The summed E-state index contributed by atoms with van der Waals surface area (Å²) in [4.78, 5) is 4.79. The fourth-order valence-electron chi connectivity index (χ4n) is 2.79. The predicted molar refractivity (Wildman–Crippen MR) is 77.8 cm³/mol. The van der Waals surface area contributed by atoms with E-state index in [2.05, 4.69) is 48.2 Å². The van der Waals surface area contributed by atoms with Gasteiger partial charge < -0.3 is 15.5 Å². The van der Waals surface area contributed by atoms with Gasteiger partial charge in [0.25, 0.3) is 0 Å². The first-order valence-electron chi connectivity index (χ1n) is 6.88. The number of hydrogen-bond acceptors (Lipinski definition) is 3. The number of piperidine rings is 1. The lowest BCUT2D eigenvalue weighted by Crippen LogP contribution is -2.36. The Hall–Kier alpha value is -1.06. The van der Waals surface area contributed by atoms with Gasteiger partial charge in [0.05, 0.1) is 0 Å². The van der Waals surface area contributed by atoms with E-state index in [1.165, 1.54) is 37.2 Å². The van der Waals surface area contributed by atoms with Crippen LogP contribution in [0.25, 0.3) is 0 Å². The second kappa shape index (κ2) is 6.21. The Morgan fingerprint density at radius 3 is 2.61 bits per heavy atom. The van der Waals surface area contributed by atoms with Crippen LogP contribution in [0, 0.1) is 5.92 Å².